The average Bonchev–Trinajstić information content (AvgIpc) is 2.71. The normalized spacial score (nSPS) is 30.6. The molecule has 2 unspecified atom stereocenters. The zero-order valence-corrected chi connectivity index (χ0v) is 12.0. The zero-order chi connectivity index (χ0) is 15.0. The Bertz CT molecular complexity index is 404. The summed E-state index contributed by atoms with van der Waals surface area (Å²) in [6, 6.07) is 0. The Balaban J connectivity index is 1.99. The van der Waals surface area contributed by atoms with Gasteiger partial charge in [0.05, 0.1) is 19.8 Å². The lowest BCUT2D eigenvalue weighted by atomic mass is 9.98. The van der Waals surface area contributed by atoms with Gasteiger partial charge in [0, 0.05) is 13.0 Å². The predicted octanol–water partition coefficient (Wildman–Crippen LogP) is 0.866. The second kappa shape index (κ2) is 5.21. The molecule has 114 valence electrons. The van der Waals surface area contributed by atoms with Crippen molar-refractivity contribution in [2.45, 2.75) is 44.5 Å². The quantitative estimate of drug-likeness (QED) is 0.770. The van der Waals surface area contributed by atoms with Gasteiger partial charge in [0.25, 0.3) is 0 Å². The fourth-order valence-electron chi connectivity index (χ4n) is 2.40. The monoisotopic (exact) mass is 287 g/mol. The van der Waals surface area contributed by atoms with Gasteiger partial charge in [-0.05, 0) is 20.8 Å². The average molecular weight is 287 g/mol. The Kier molecular flexibility index (Phi) is 3.93. The number of carboxylic acid groups (broad SMARTS) is 1. The summed E-state index contributed by atoms with van der Waals surface area (Å²) in [6.45, 7) is 6.69. The molecule has 0 aromatic carbocycles. The van der Waals surface area contributed by atoms with Gasteiger partial charge >= 0.3 is 12.1 Å². The van der Waals surface area contributed by atoms with Crippen LogP contribution < -0.4 is 0 Å². The molecule has 2 aliphatic rings. The summed E-state index contributed by atoms with van der Waals surface area (Å²) >= 11 is 0. The lowest BCUT2D eigenvalue weighted by Crippen LogP contribution is -2.55. The van der Waals surface area contributed by atoms with Crippen LogP contribution in [0.3, 0.4) is 0 Å². The summed E-state index contributed by atoms with van der Waals surface area (Å²) < 4.78 is 16.2. The molecule has 0 aromatic rings. The Morgan fingerprint density at radius 1 is 1.40 bits per heavy atom. The van der Waals surface area contributed by atoms with Crippen LogP contribution in [-0.4, -0.2) is 65.7 Å². The Hall–Kier alpha value is -1.34. The van der Waals surface area contributed by atoms with Gasteiger partial charge in [-0.3, -0.25) is 0 Å². The smallest absolute Gasteiger partial charge is 0.410 e. The van der Waals surface area contributed by atoms with Crippen LogP contribution in [0.1, 0.15) is 27.2 Å². The highest BCUT2D eigenvalue weighted by molar-refractivity contribution is 5.73. The van der Waals surface area contributed by atoms with Crippen LogP contribution in [0.2, 0.25) is 0 Å². The molecule has 20 heavy (non-hydrogen) atoms. The van der Waals surface area contributed by atoms with Crippen molar-refractivity contribution in [2.24, 2.45) is 0 Å². The molecule has 1 amide bonds. The summed E-state index contributed by atoms with van der Waals surface area (Å²) in [7, 11) is 0. The summed E-state index contributed by atoms with van der Waals surface area (Å²) in [6.07, 6.45) is -1.02. The molecule has 1 N–H and O–H groups in total. The van der Waals surface area contributed by atoms with E-state index in [1.54, 1.807) is 25.7 Å². The van der Waals surface area contributed by atoms with E-state index in [0.29, 0.717) is 19.7 Å². The first kappa shape index (κ1) is 15.1. The molecule has 0 radical (unpaired) electrons. The number of hydrogen-bond acceptors (Lipinski definition) is 5. The number of ether oxygens (including phenoxy) is 3. The molecule has 2 fully saturated rings. The van der Waals surface area contributed by atoms with Gasteiger partial charge in [-0.25, -0.2) is 9.59 Å². The maximum atomic E-state index is 12.1. The summed E-state index contributed by atoms with van der Waals surface area (Å²) in [4.78, 5) is 24.6. The summed E-state index contributed by atoms with van der Waals surface area (Å²) in [5, 5.41) is 8.97. The van der Waals surface area contributed by atoms with E-state index in [0.717, 1.165) is 0 Å². The highest BCUT2D eigenvalue weighted by atomic mass is 16.6. The van der Waals surface area contributed by atoms with Crippen molar-refractivity contribution >= 4 is 12.1 Å². The third-order valence-electron chi connectivity index (χ3n) is 3.28. The van der Waals surface area contributed by atoms with Gasteiger partial charge in [-0.2, -0.15) is 0 Å². The van der Waals surface area contributed by atoms with E-state index < -0.39 is 29.4 Å². The van der Waals surface area contributed by atoms with E-state index >= 15 is 0 Å². The van der Waals surface area contributed by atoms with Crippen molar-refractivity contribution in [1.29, 1.82) is 0 Å². The summed E-state index contributed by atoms with van der Waals surface area (Å²) in [5.41, 5.74) is -1.28. The Morgan fingerprint density at radius 2 is 2.10 bits per heavy atom. The van der Waals surface area contributed by atoms with Crippen LogP contribution in [0.4, 0.5) is 4.79 Å². The van der Waals surface area contributed by atoms with E-state index in [1.165, 1.54) is 0 Å². The fourth-order valence-corrected chi connectivity index (χ4v) is 2.40. The second-order valence-electron chi connectivity index (χ2n) is 6.28. The lowest BCUT2D eigenvalue weighted by Gasteiger charge is -2.39. The molecule has 1 spiro atoms. The first-order chi connectivity index (χ1) is 9.21. The van der Waals surface area contributed by atoms with Crippen LogP contribution in [0, 0.1) is 0 Å². The van der Waals surface area contributed by atoms with Crippen molar-refractivity contribution in [3.05, 3.63) is 0 Å². The number of hydrogen-bond donors (Lipinski definition) is 1. The molecule has 2 saturated heterocycles. The number of carbonyl (C=O) groups excluding carboxylic acids is 1. The van der Waals surface area contributed by atoms with Crippen LogP contribution in [0.15, 0.2) is 0 Å². The van der Waals surface area contributed by atoms with Crippen LogP contribution in [0.5, 0.6) is 0 Å². The van der Waals surface area contributed by atoms with Crippen molar-refractivity contribution in [1.82, 2.24) is 4.90 Å². The van der Waals surface area contributed by atoms with E-state index in [-0.39, 0.29) is 13.0 Å². The molecule has 0 saturated carbocycles. The molecular weight excluding hydrogens is 266 g/mol. The molecule has 0 bridgehead atoms. The van der Waals surface area contributed by atoms with E-state index in [2.05, 4.69) is 0 Å². The highest BCUT2D eigenvalue weighted by Gasteiger charge is 2.48. The number of aliphatic carboxylic acids is 1. The molecule has 7 nitrogen and oxygen atoms in total. The van der Waals surface area contributed by atoms with Gasteiger partial charge in [-0.15, -0.1) is 0 Å². The minimum atomic E-state index is -1.00. The van der Waals surface area contributed by atoms with Crippen molar-refractivity contribution in [3.8, 4) is 0 Å². The molecule has 2 heterocycles. The standard InChI is InChI=1S/C13H21NO6/c1-12(2,3)20-11(17)14-4-5-19-13(7-14)6-9(10(15)16)18-8-13/h9H,4-8H2,1-3H3,(H,15,16). The third kappa shape index (κ3) is 3.40. The number of morpholine rings is 1. The number of carboxylic acids is 1. The van der Waals surface area contributed by atoms with Gasteiger partial charge in [-0.1, -0.05) is 0 Å². The van der Waals surface area contributed by atoms with Gasteiger partial charge in [0.2, 0.25) is 0 Å². The van der Waals surface area contributed by atoms with Gasteiger partial charge in [0.15, 0.2) is 6.10 Å². The second-order valence-corrected chi connectivity index (χ2v) is 6.28. The first-order valence-corrected chi connectivity index (χ1v) is 6.67. The first-order valence-electron chi connectivity index (χ1n) is 6.67. The predicted molar refractivity (Wildman–Crippen MR) is 68.5 cm³/mol. The largest absolute Gasteiger partial charge is 0.479 e. The summed E-state index contributed by atoms with van der Waals surface area (Å²) in [5.74, 6) is -1.00. The molecule has 2 rings (SSSR count). The molecular formula is C13H21NO6. The lowest BCUT2D eigenvalue weighted by molar-refractivity contribution is -0.147. The van der Waals surface area contributed by atoms with Gasteiger partial charge < -0.3 is 24.2 Å². The van der Waals surface area contributed by atoms with Gasteiger partial charge in [0.1, 0.15) is 11.2 Å². The molecule has 7 heteroatoms. The fraction of sp³-hybridized carbons (Fsp3) is 0.846. The SMILES string of the molecule is CC(C)(C)OC(=O)N1CCOC2(COC(C(=O)O)C2)C1. The van der Waals surface area contributed by atoms with Crippen molar-refractivity contribution in [3.63, 3.8) is 0 Å². The number of rotatable bonds is 1. The number of carbonyl (C=O) groups is 2. The zero-order valence-electron chi connectivity index (χ0n) is 12.0. The minimum absolute atomic E-state index is 0.184. The molecule has 2 aliphatic heterocycles. The van der Waals surface area contributed by atoms with Crippen LogP contribution in [0.25, 0.3) is 0 Å². The van der Waals surface area contributed by atoms with E-state index in [9.17, 15) is 9.59 Å². The van der Waals surface area contributed by atoms with E-state index in [1.807, 2.05) is 0 Å². The topological polar surface area (TPSA) is 85.3 Å². The Labute approximate surface area is 117 Å². The van der Waals surface area contributed by atoms with E-state index in [4.69, 9.17) is 19.3 Å². The Morgan fingerprint density at radius 3 is 2.65 bits per heavy atom. The van der Waals surface area contributed by atoms with Crippen LogP contribution >= 0.6 is 0 Å². The maximum absolute atomic E-state index is 12.1. The van der Waals surface area contributed by atoms with Crippen molar-refractivity contribution in [2.75, 3.05) is 26.3 Å². The third-order valence-corrected chi connectivity index (χ3v) is 3.28. The minimum Gasteiger partial charge on any atom is -0.479 e. The molecule has 0 aliphatic carbocycles. The number of amides is 1. The molecule has 2 atom stereocenters. The van der Waals surface area contributed by atoms with Crippen molar-refractivity contribution < 1.29 is 28.9 Å². The van der Waals surface area contributed by atoms with Crippen LogP contribution in [-0.2, 0) is 19.0 Å². The number of nitrogens with zero attached hydrogens (tertiary/aromatic N) is 1. The maximum Gasteiger partial charge on any atom is 0.410 e. The highest BCUT2D eigenvalue weighted by Crippen LogP contribution is 2.32. The molecule has 0 aromatic heterocycles.